The Labute approximate surface area is 103 Å². The van der Waals surface area contributed by atoms with Crippen LogP contribution in [-0.2, 0) is 0 Å². The highest BCUT2D eigenvalue weighted by atomic mass is 16.1. The van der Waals surface area contributed by atoms with E-state index in [1.807, 2.05) is 26.8 Å². The number of rotatable bonds is 4. The molecule has 0 unspecified atom stereocenters. The van der Waals surface area contributed by atoms with Crippen molar-refractivity contribution >= 4 is 11.6 Å². The first-order valence-corrected chi connectivity index (χ1v) is 5.79. The number of anilines is 1. The molecule has 4 N–H and O–H groups in total. The van der Waals surface area contributed by atoms with Crippen LogP contribution in [-0.4, -0.2) is 11.4 Å². The average Bonchev–Trinajstić information content (AvgIpc) is 2.28. The van der Waals surface area contributed by atoms with Gasteiger partial charge in [-0.15, -0.1) is 0 Å². The number of nitrogens with two attached hydrogens (primary N) is 1. The number of hydrogen-bond acceptors (Lipinski definition) is 3. The van der Waals surface area contributed by atoms with E-state index in [9.17, 15) is 4.79 Å². The Morgan fingerprint density at radius 1 is 1.41 bits per heavy atom. The summed E-state index contributed by atoms with van der Waals surface area (Å²) in [7, 11) is 0. The van der Waals surface area contributed by atoms with Crippen molar-refractivity contribution in [3.8, 4) is 0 Å². The van der Waals surface area contributed by atoms with Crippen molar-refractivity contribution < 1.29 is 4.79 Å². The summed E-state index contributed by atoms with van der Waals surface area (Å²) in [5.41, 5.74) is 4.77. The van der Waals surface area contributed by atoms with E-state index >= 15 is 0 Å². The first-order chi connectivity index (χ1) is 7.89. The molecule has 0 atom stereocenters. The number of carbonyl (C=O) groups is 1. The molecule has 0 heterocycles. The second-order valence-corrected chi connectivity index (χ2v) is 4.87. The normalized spacial score (nSPS) is 11.1. The third kappa shape index (κ3) is 3.46. The minimum atomic E-state index is -0.186. The van der Waals surface area contributed by atoms with Gasteiger partial charge in [0.15, 0.2) is 0 Å². The van der Waals surface area contributed by atoms with Crippen LogP contribution >= 0.6 is 0 Å². The lowest BCUT2D eigenvalue weighted by Crippen LogP contribution is -2.43. The largest absolute Gasteiger partial charge is 0.347 e. The fraction of sp³-hybridized carbons (Fsp3) is 0.462. The molecule has 0 aliphatic rings. The number of nitrogen functional groups attached to an aromatic ring is 1. The van der Waals surface area contributed by atoms with Crippen molar-refractivity contribution in [2.75, 3.05) is 5.43 Å². The zero-order valence-electron chi connectivity index (χ0n) is 10.9. The van der Waals surface area contributed by atoms with Crippen molar-refractivity contribution in [3.63, 3.8) is 0 Å². The lowest BCUT2D eigenvalue weighted by molar-refractivity contribution is 0.0910. The molecular weight excluding hydrogens is 214 g/mol. The van der Waals surface area contributed by atoms with Crippen LogP contribution in [0.1, 0.15) is 43.1 Å². The van der Waals surface area contributed by atoms with Gasteiger partial charge in [0.2, 0.25) is 0 Å². The van der Waals surface area contributed by atoms with Gasteiger partial charge in [-0.25, -0.2) is 0 Å². The molecule has 0 saturated carbocycles. The van der Waals surface area contributed by atoms with Crippen LogP contribution in [0.5, 0.6) is 0 Å². The van der Waals surface area contributed by atoms with E-state index in [0.717, 1.165) is 17.7 Å². The Hall–Kier alpha value is -1.55. The molecule has 0 radical (unpaired) electrons. The molecule has 17 heavy (non-hydrogen) atoms. The molecule has 0 aliphatic carbocycles. The number of aryl methyl sites for hydroxylation is 1. The SMILES string of the molecule is CCC(C)(C)NC(=O)c1ccc(NN)cc1C. The predicted octanol–water partition coefficient (Wildman–Crippen LogP) is 2.20. The molecule has 0 spiro atoms. The third-order valence-electron chi connectivity index (χ3n) is 2.97. The van der Waals surface area contributed by atoms with Gasteiger partial charge in [0.1, 0.15) is 0 Å². The van der Waals surface area contributed by atoms with Crippen LogP contribution in [0, 0.1) is 6.92 Å². The molecule has 4 heteroatoms. The van der Waals surface area contributed by atoms with Gasteiger partial charge < -0.3 is 10.7 Å². The van der Waals surface area contributed by atoms with Gasteiger partial charge in [-0.2, -0.15) is 0 Å². The van der Waals surface area contributed by atoms with Crippen LogP contribution in [0.25, 0.3) is 0 Å². The average molecular weight is 235 g/mol. The number of hydrazine groups is 1. The van der Waals surface area contributed by atoms with Gasteiger partial charge in [-0.05, 0) is 51.0 Å². The molecule has 1 amide bonds. The Morgan fingerprint density at radius 3 is 2.53 bits per heavy atom. The minimum Gasteiger partial charge on any atom is -0.347 e. The van der Waals surface area contributed by atoms with E-state index < -0.39 is 0 Å². The van der Waals surface area contributed by atoms with Gasteiger partial charge in [0, 0.05) is 16.8 Å². The Morgan fingerprint density at radius 2 is 2.06 bits per heavy atom. The van der Waals surface area contributed by atoms with Crippen molar-refractivity contribution in [2.24, 2.45) is 5.84 Å². The molecule has 0 aromatic heterocycles. The van der Waals surface area contributed by atoms with Gasteiger partial charge in [-0.1, -0.05) is 6.92 Å². The zero-order valence-corrected chi connectivity index (χ0v) is 10.9. The van der Waals surface area contributed by atoms with Crippen LogP contribution in [0.3, 0.4) is 0 Å². The van der Waals surface area contributed by atoms with Crippen molar-refractivity contribution in [1.82, 2.24) is 5.32 Å². The number of benzene rings is 1. The number of carbonyl (C=O) groups excluding carboxylic acids is 1. The number of nitrogens with one attached hydrogen (secondary N) is 2. The van der Waals surface area contributed by atoms with Crippen molar-refractivity contribution in [3.05, 3.63) is 29.3 Å². The second-order valence-electron chi connectivity index (χ2n) is 4.87. The second kappa shape index (κ2) is 5.19. The summed E-state index contributed by atoms with van der Waals surface area (Å²) in [6.07, 6.45) is 0.889. The fourth-order valence-corrected chi connectivity index (χ4v) is 1.47. The van der Waals surface area contributed by atoms with E-state index in [1.54, 1.807) is 12.1 Å². The van der Waals surface area contributed by atoms with Gasteiger partial charge >= 0.3 is 0 Å². The number of amides is 1. The molecule has 1 rings (SSSR count). The van der Waals surface area contributed by atoms with Crippen molar-refractivity contribution in [2.45, 2.75) is 39.7 Å². The number of hydrogen-bond donors (Lipinski definition) is 3. The molecule has 0 fully saturated rings. The van der Waals surface area contributed by atoms with E-state index in [2.05, 4.69) is 17.7 Å². The summed E-state index contributed by atoms with van der Waals surface area (Å²) < 4.78 is 0. The highest BCUT2D eigenvalue weighted by Gasteiger charge is 2.19. The molecule has 0 bridgehead atoms. The zero-order chi connectivity index (χ0) is 13.1. The molecule has 94 valence electrons. The molecule has 1 aromatic rings. The van der Waals surface area contributed by atoms with Gasteiger partial charge in [0.05, 0.1) is 0 Å². The lowest BCUT2D eigenvalue weighted by Gasteiger charge is -2.25. The molecule has 1 aromatic carbocycles. The molecule has 0 saturated heterocycles. The Bertz CT molecular complexity index is 413. The maximum atomic E-state index is 12.1. The minimum absolute atomic E-state index is 0.0436. The molecule has 0 aliphatic heterocycles. The summed E-state index contributed by atoms with van der Waals surface area (Å²) in [6.45, 7) is 7.97. The smallest absolute Gasteiger partial charge is 0.251 e. The summed E-state index contributed by atoms with van der Waals surface area (Å²) in [5, 5.41) is 3.01. The van der Waals surface area contributed by atoms with Crippen LogP contribution in [0.15, 0.2) is 18.2 Å². The highest BCUT2D eigenvalue weighted by molar-refractivity contribution is 5.96. The fourth-order valence-electron chi connectivity index (χ4n) is 1.47. The van der Waals surface area contributed by atoms with E-state index in [4.69, 9.17) is 5.84 Å². The Balaban J connectivity index is 2.90. The first kappa shape index (κ1) is 13.5. The first-order valence-electron chi connectivity index (χ1n) is 5.79. The monoisotopic (exact) mass is 235 g/mol. The predicted molar refractivity (Wildman–Crippen MR) is 70.8 cm³/mol. The Kier molecular flexibility index (Phi) is 4.12. The molecule has 4 nitrogen and oxygen atoms in total. The van der Waals surface area contributed by atoms with Crippen LogP contribution in [0.2, 0.25) is 0 Å². The third-order valence-corrected chi connectivity index (χ3v) is 2.97. The van der Waals surface area contributed by atoms with E-state index in [1.165, 1.54) is 0 Å². The van der Waals surface area contributed by atoms with Crippen LogP contribution < -0.4 is 16.6 Å². The maximum absolute atomic E-state index is 12.1. The van der Waals surface area contributed by atoms with E-state index in [-0.39, 0.29) is 11.4 Å². The topological polar surface area (TPSA) is 67.2 Å². The lowest BCUT2D eigenvalue weighted by atomic mass is 10.00. The quantitative estimate of drug-likeness (QED) is 0.553. The van der Waals surface area contributed by atoms with Crippen molar-refractivity contribution in [1.29, 1.82) is 0 Å². The van der Waals surface area contributed by atoms with Gasteiger partial charge in [-0.3, -0.25) is 10.6 Å². The van der Waals surface area contributed by atoms with Gasteiger partial charge in [0.25, 0.3) is 5.91 Å². The molecular formula is C13H21N3O. The van der Waals surface area contributed by atoms with E-state index in [0.29, 0.717) is 5.56 Å². The summed E-state index contributed by atoms with van der Waals surface area (Å²) in [6, 6.07) is 5.43. The standard InChI is InChI=1S/C13H21N3O/c1-5-13(3,4)15-12(17)11-7-6-10(16-14)8-9(11)2/h6-8,16H,5,14H2,1-4H3,(H,15,17). The summed E-state index contributed by atoms with van der Waals surface area (Å²) in [5.74, 6) is 5.27. The maximum Gasteiger partial charge on any atom is 0.251 e. The summed E-state index contributed by atoms with van der Waals surface area (Å²) >= 11 is 0. The highest BCUT2D eigenvalue weighted by Crippen LogP contribution is 2.16. The summed E-state index contributed by atoms with van der Waals surface area (Å²) in [4.78, 5) is 12.1. The van der Waals surface area contributed by atoms with Crippen LogP contribution in [0.4, 0.5) is 5.69 Å².